The van der Waals surface area contributed by atoms with Crippen LogP contribution < -0.4 is 9.88 Å². The second-order valence-corrected chi connectivity index (χ2v) is 7.85. The van der Waals surface area contributed by atoms with E-state index in [1.807, 2.05) is 17.2 Å². The van der Waals surface area contributed by atoms with Crippen molar-refractivity contribution in [3.05, 3.63) is 18.5 Å². The van der Waals surface area contributed by atoms with E-state index in [1.165, 1.54) is 10.6 Å². The van der Waals surface area contributed by atoms with Crippen LogP contribution in [-0.2, 0) is 20.1 Å². The summed E-state index contributed by atoms with van der Waals surface area (Å²) in [6.07, 6.45) is 5.38. The van der Waals surface area contributed by atoms with Gasteiger partial charge in [-0.3, -0.25) is 4.90 Å². The van der Waals surface area contributed by atoms with E-state index < -0.39 is 20.1 Å². The summed E-state index contributed by atoms with van der Waals surface area (Å²) in [4.78, 5) is 9.27. The molecule has 22 heavy (non-hydrogen) atoms. The Balaban J connectivity index is 0.000000644. The summed E-state index contributed by atoms with van der Waals surface area (Å²) in [7, 11) is -6.97. The molecular formula is C10H20N4O6S2. The molecule has 0 aromatic carbocycles. The van der Waals surface area contributed by atoms with Crippen molar-refractivity contribution < 1.29 is 31.8 Å². The number of aromatic nitrogens is 2. The highest BCUT2D eigenvalue weighted by Gasteiger charge is 2.27. The fraction of sp³-hybridized carbons (Fsp3) is 0.600. The zero-order chi connectivity index (χ0) is 16.1. The lowest BCUT2D eigenvalue weighted by Gasteiger charge is -2.29. The highest BCUT2D eigenvalue weighted by atomic mass is 32.2. The molecule has 0 radical (unpaired) electrons. The van der Waals surface area contributed by atoms with E-state index in [-0.39, 0.29) is 5.48 Å². The number of nitrogens with zero attached hydrogens (tertiary/aromatic N) is 3. The molecule has 0 amide bonds. The van der Waals surface area contributed by atoms with Crippen molar-refractivity contribution >= 4 is 26.1 Å². The van der Waals surface area contributed by atoms with E-state index in [9.17, 15) is 8.42 Å². The predicted octanol–water partition coefficient (Wildman–Crippen LogP) is -2.69. The highest BCUT2D eigenvalue weighted by molar-refractivity contribution is 7.88. The average Bonchev–Trinajstić information content (AvgIpc) is 2.37. The summed E-state index contributed by atoms with van der Waals surface area (Å²) >= 11 is 0. The first-order valence-corrected chi connectivity index (χ1v) is 9.67. The van der Waals surface area contributed by atoms with E-state index in [0.29, 0.717) is 32.4 Å². The third kappa shape index (κ3) is 8.19. The van der Waals surface area contributed by atoms with Gasteiger partial charge in [-0.1, -0.05) is 4.98 Å². The first-order chi connectivity index (χ1) is 9.57. The van der Waals surface area contributed by atoms with Crippen LogP contribution in [0.5, 0.6) is 0 Å². The van der Waals surface area contributed by atoms with Gasteiger partial charge in [0.1, 0.15) is 6.20 Å². The lowest BCUT2D eigenvalue weighted by atomic mass is 10.4. The van der Waals surface area contributed by atoms with Crippen LogP contribution >= 0.6 is 0 Å². The third-order valence-electron chi connectivity index (χ3n) is 2.60. The monoisotopic (exact) mass is 356 g/mol. The Labute approximate surface area is 129 Å². The quantitative estimate of drug-likeness (QED) is 0.522. The molecular weight excluding hydrogens is 336 g/mol. The maximum Gasteiger partial charge on any atom is 0.391 e. The van der Waals surface area contributed by atoms with Gasteiger partial charge in [-0.05, 0) is 0 Å². The number of hydrogen-bond donors (Lipinski definition) is 0. The molecule has 1 aliphatic heterocycles. The van der Waals surface area contributed by atoms with E-state index in [2.05, 4.69) is 9.97 Å². The standard InChI is InChI=1S/C9H14N4O2S.CH4O3S.H2O/c1-16(14,15)13-7-5-12(6-8-13)9-10-3-2-4-11-9;1-5(2,3)4;/h2-4H,5-8H2,1H3;1H3,(H,2,3,4);1H2. The number of rotatable bonds is 2. The fourth-order valence-electron chi connectivity index (χ4n) is 1.72. The van der Waals surface area contributed by atoms with Gasteiger partial charge in [0.05, 0.1) is 35.7 Å². The Hall–Kier alpha value is -1.34. The van der Waals surface area contributed by atoms with Crippen LogP contribution in [0.1, 0.15) is 0 Å². The molecule has 3 N–H and O–H groups in total. The van der Waals surface area contributed by atoms with Crippen LogP contribution in [0.2, 0.25) is 0 Å². The first kappa shape index (κ1) is 20.7. The Morgan fingerprint density at radius 1 is 1.14 bits per heavy atom. The Morgan fingerprint density at radius 3 is 2.00 bits per heavy atom. The van der Waals surface area contributed by atoms with Gasteiger partial charge in [0, 0.05) is 25.4 Å². The van der Waals surface area contributed by atoms with Crippen LogP contribution in [0.25, 0.3) is 0 Å². The lowest BCUT2D eigenvalue weighted by Crippen LogP contribution is -2.49. The van der Waals surface area contributed by atoms with Gasteiger partial charge in [0.15, 0.2) is 0 Å². The van der Waals surface area contributed by atoms with Crippen LogP contribution in [0, 0.1) is 0 Å². The minimum atomic E-state index is -3.92. The molecule has 0 aliphatic carbocycles. The van der Waals surface area contributed by atoms with Gasteiger partial charge in [-0.15, -0.1) is 0 Å². The van der Waals surface area contributed by atoms with Crippen LogP contribution in [0.4, 0.5) is 5.95 Å². The molecule has 0 unspecified atom stereocenters. The number of hydrogen-bond acceptors (Lipinski definition) is 7. The lowest BCUT2D eigenvalue weighted by molar-refractivity contribution is -0.368. The van der Waals surface area contributed by atoms with Crippen LogP contribution in [0.3, 0.4) is 0 Å². The van der Waals surface area contributed by atoms with Gasteiger partial charge in [0.2, 0.25) is 10.0 Å². The molecule has 10 nitrogen and oxygen atoms in total. The van der Waals surface area contributed by atoms with Crippen molar-refractivity contribution in [3.63, 3.8) is 0 Å². The molecule has 2 heterocycles. The number of piperazine rings is 1. The molecule has 0 bridgehead atoms. The van der Waals surface area contributed by atoms with Gasteiger partial charge < -0.3 is 10.0 Å². The van der Waals surface area contributed by atoms with Gasteiger partial charge in [-0.25, -0.2) is 21.8 Å². The molecule has 12 heteroatoms. The zero-order valence-corrected chi connectivity index (χ0v) is 13.9. The summed E-state index contributed by atoms with van der Waals surface area (Å²) < 4.78 is 51.3. The largest absolute Gasteiger partial charge is 0.748 e. The first-order valence-electron chi connectivity index (χ1n) is 6.01. The minimum absolute atomic E-state index is 0. The van der Waals surface area contributed by atoms with E-state index in [0.717, 1.165) is 5.95 Å². The number of anilines is 1. The molecule has 1 aliphatic rings. The van der Waals surface area contributed by atoms with E-state index in [4.69, 9.17) is 13.0 Å². The van der Waals surface area contributed by atoms with Crippen molar-refractivity contribution in [2.45, 2.75) is 0 Å². The van der Waals surface area contributed by atoms with Crippen molar-refractivity contribution in [2.24, 2.45) is 0 Å². The zero-order valence-electron chi connectivity index (χ0n) is 12.3. The summed E-state index contributed by atoms with van der Waals surface area (Å²) in [5.41, 5.74) is 0. The van der Waals surface area contributed by atoms with Crippen molar-refractivity contribution in [1.29, 1.82) is 0 Å². The van der Waals surface area contributed by atoms with E-state index >= 15 is 0 Å². The molecule has 0 spiro atoms. The highest BCUT2D eigenvalue weighted by Crippen LogP contribution is 2.09. The second-order valence-electron chi connectivity index (χ2n) is 4.46. The Morgan fingerprint density at radius 2 is 1.64 bits per heavy atom. The molecule has 1 saturated heterocycles. The van der Waals surface area contributed by atoms with Gasteiger partial charge in [-0.2, -0.15) is 4.31 Å². The molecule has 128 valence electrons. The second kappa shape index (κ2) is 8.33. The van der Waals surface area contributed by atoms with Crippen molar-refractivity contribution in [2.75, 3.05) is 43.6 Å². The molecule has 1 aromatic heterocycles. The molecule has 0 saturated carbocycles. The third-order valence-corrected chi connectivity index (χ3v) is 3.90. The van der Waals surface area contributed by atoms with Crippen LogP contribution in [0.15, 0.2) is 18.5 Å². The summed E-state index contributed by atoms with van der Waals surface area (Å²) in [6, 6.07) is 1.82. The number of H-pyrrole nitrogens is 1. The Bertz CT molecular complexity index is 633. The molecule has 1 aromatic rings. The smallest absolute Gasteiger partial charge is 0.391 e. The predicted molar refractivity (Wildman–Crippen MR) is 78.7 cm³/mol. The SMILES string of the molecule is CS(=O)(=O)N1CCN(c2nccc[nH+]2)CC1.CS(=O)(=O)[O-].O. The van der Waals surface area contributed by atoms with Crippen LogP contribution in [-0.4, -0.2) is 74.8 Å². The molecule has 0 atom stereocenters. The summed E-state index contributed by atoms with van der Waals surface area (Å²) in [5.74, 6) is 0.788. The number of nitrogens with one attached hydrogen (secondary N) is 1. The van der Waals surface area contributed by atoms with Crippen molar-refractivity contribution in [3.8, 4) is 0 Å². The van der Waals surface area contributed by atoms with Gasteiger partial charge in [0.25, 0.3) is 0 Å². The molecule has 1 fully saturated rings. The van der Waals surface area contributed by atoms with Gasteiger partial charge >= 0.3 is 5.95 Å². The van der Waals surface area contributed by atoms with E-state index in [1.54, 1.807) is 6.20 Å². The summed E-state index contributed by atoms with van der Waals surface area (Å²) in [6.45, 7) is 2.37. The topological polar surface area (TPSA) is 156 Å². The minimum Gasteiger partial charge on any atom is -0.748 e. The maximum absolute atomic E-state index is 11.3. The Kier molecular flexibility index (Phi) is 7.83. The number of sulfonamides is 1. The fourth-order valence-corrected chi connectivity index (χ4v) is 2.55. The summed E-state index contributed by atoms with van der Waals surface area (Å²) in [5, 5.41) is 0. The average molecular weight is 356 g/mol. The molecule has 2 rings (SSSR count). The normalized spacial score (nSPS) is 16.2. The maximum atomic E-state index is 11.3. The van der Waals surface area contributed by atoms with Crippen molar-refractivity contribution in [1.82, 2.24) is 9.29 Å². The number of aromatic amines is 1.